The second-order valence-electron chi connectivity index (χ2n) is 5.76. The van der Waals surface area contributed by atoms with Gasteiger partial charge < -0.3 is 10.2 Å². The van der Waals surface area contributed by atoms with E-state index < -0.39 is 0 Å². The van der Waals surface area contributed by atoms with Crippen LogP contribution in [0.3, 0.4) is 0 Å². The molecule has 112 valence electrons. The van der Waals surface area contributed by atoms with E-state index in [0.717, 1.165) is 12.2 Å². The molecule has 1 fully saturated rings. The lowest BCUT2D eigenvalue weighted by atomic mass is 9.91. The molecular formula is C16H24ClFN2. The molecule has 1 aliphatic rings. The van der Waals surface area contributed by atoms with Crippen molar-refractivity contribution in [1.29, 1.82) is 0 Å². The largest absolute Gasteiger partial charge is 0.382 e. The van der Waals surface area contributed by atoms with Gasteiger partial charge in [-0.25, -0.2) is 4.39 Å². The zero-order valence-corrected chi connectivity index (χ0v) is 13.1. The molecule has 0 aliphatic carbocycles. The molecule has 20 heavy (non-hydrogen) atoms. The van der Waals surface area contributed by atoms with Crippen molar-refractivity contribution in [3.05, 3.63) is 29.0 Å². The van der Waals surface area contributed by atoms with E-state index in [1.54, 1.807) is 6.07 Å². The van der Waals surface area contributed by atoms with E-state index in [0.29, 0.717) is 12.0 Å². The molecule has 0 amide bonds. The van der Waals surface area contributed by atoms with Gasteiger partial charge in [0.15, 0.2) is 0 Å². The van der Waals surface area contributed by atoms with Gasteiger partial charge in [0, 0.05) is 18.3 Å². The van der Waals surface area contributed by atoms with Crippen LogP contribution in [-0.2, 0) is 0 Å². The first-order valence-corrected chi connectivity index (χ1v) is 7.92. The van der Waals surface area contributed by atoms with Gasteiger partial charge in [-0.15, -0.1) is 0 Å². The maximum absolute atomic E-state index is 13.5. The van der Waals surface area contributed by atoms with Crippen molar-refractivity contribution in [2.24, 2.45) is 5.92 Å². The molecule has 1 saturated heterocycles. The predicted octanol–water partition coefficient (Wildman–Crippen LogP) is 4.40. The van der Waals surface area contributed by atoms with Crippen LogP contribution in [0.2, 0.25) is 5.02 Å². The number of hydrogen-bond donors (Lipinski definition) is 1. The highest BCUT2D eigenvalue weighted by Gasteiger charge is 2.24. The number of piperidine rings is 1. The number of benzene rings is 1. The Balaban J connectivity index is 1.93. The van der Waals surface area contributed by atoms with Crippen LogP contribution < -0.4 is 5.32 Å². The van der Waals surface area contributed by atoms with Crippen LogP contribution >= 0.6 is 11.6 Å². The molecular weight excluding hydrogens is 275 g/mol. The average Bonchev–Trinajstić information content (AvgIpc) is 2.43. The second-order valence-corrected chi connectivity index (χ2v) is 6.17. The van der Waals surface area contributed by atoms with E-state index in [2.05, 4.69) is 24.1 Å². The average molecular weight is 299 g/mol. The summed E-state index contributed by atoms with van der Waals surface area (Å²) in [5.74, 6) is 0.258. The Bertz CT molecular complexity index is 436. The highest BCUT2D eigenvalue weighted by atomic mass is 35.5. The molecule has 1 N–H and O–H groups in total. The van der Waals surface area contributed by atoms with E-state index >= 15 is 0 Å². The first kappa shape index (κ1) is 15.6. The minimum atomic E-state index is -0.361. The van der Waals surface area contributed by atoms with Crippen molar-refractivity contribution in [2.45, 2.75) is 39.2 Å². The summed E-state index contributed by atoms with van der Waals surface area (Å²) in [6, 6.07) is 5.27. The Kier molecular flexibility index (Phi) is 5.67. The molecule has 2 atom stereocenters. The lowest BCUT2D eigenvalue weighted by Crippen LogP contribution is -2.42. The summed E-state index contributed by atoms with van der Waals surface area (Å²) in [5.41, 5.74) is 0.812. The normalized spacial score (nSPS) is 21.7. The van der Waals surface area contributed by atoms with E-state index in [1.165, 1.54) is 38.4 Å². The Labute approximate surface area is 126 Å². The standard InChI is InChI=1S/C16H24ClFN2/c1-3-8-20-9-4-5-13(11-20)12(2)19-14-6-7-15(17)16(18)10-14/h6-7,10,12-13,19H,3-5,8-9,11H2,1-2H3. The van der Waals surface area contributed by atoms with Gasteiger partial charge in [-0.05, 0) is 63.4 Å². The van der Waals surface area contributed by atoms with Gasteiger partial charge in [0.25, 0.3) is 0 Å². The molecule has 2 nitrogen and oxygen atoms in total. The smallest absolute Gasteiger partial charge is 0.143 e. The quantitative estimate of drug-likeness (QED) is 0.866. The van der Waals surface area contributed by atoms with Crippen molar-refractivity contribution in [1.82, 2.24) is 4.90 Å². The SMILES string of the molecule is CCCN1CCCC(C(C)Nc2ccc(Cl)c(F)c2)C1. The molecule has 1 heterocycles. The first-order valence-electron chi connectivity index (χ1n) is 7.54. The van der Waals surface area contributed by atoms with Crippen molar-refractivity contribution in [3.8, 4) is 0 Å². The minimum absolute atomic E-state index is 0.176. The third-order valence-electron chi connectivity index (χ3n) is 4.10. The summed E-state index contributed by atoms with van der Waals surface area (Å²) in [6.45, 7) is 7.94. The maximum atomic E-state index is 13.5. The zero-order valence-electron chi connectivity index (χ0n) is 12.3. The van der Waals surface area contributed by atoms with E-state index in [9.17, 15) is 4.39 Å². The van der Waals surface area contributed by atoms with Crippen molar-refractivity contribution < 1.29 is 4.39 Å². The van der Waals surface area contributed by atoms with Crippen molar-refractivity contribution in [3.63, 3.8) is 0 Å². The highest BCUT2D eigenvalue weighted by Crippen LogP contribution is 2.24. The second kappa shape index (κ2) is 7.28. The molecule has 0 aromatic heterocycles. The van der Waals surface area contributed by atoms with Gasteiger partial charge in [-0.3, -0.25) is 0 Å². The van der Waals surface area contributed by atoms with Gasteiger partial charge >= 0.3 is 0 Å². The number of likely N-dealkylation sites (tertiary alicyclic amines) is 1. The molecule has 1 aromatic rings. The monoisotopic (exact) mass is 298 g/mol. The van der Waals surface area contributed by atoms with Gasteiger partial charge in [-0.1, -0.05) is 18.5 Å². The molecule has 0 bridgehead atoms. The van der Waals surface area contributed by atoms with Crippen molar-refractivity contribution >= 4 is 17.3 Å². The maximum Gasteiger partial charge on any atom is 0.143 e. The number of rotatable bonds is 5. The molecule has 0 radical (unpaired) electrons. The van der Waals surface area contributed by atoms with Crippen LogP contribution in [-0.4, -0.2) is 30.6 Å². The van der Waals surface area contributed by atoms with Gasteiger partial charge in [0.05, 0.1) is 5.02 Å². The molecule has 4 heteroatoms. The summed E-state index contributed by atoms with van der Waals surface area (Å²) in [5, 5.41) is 3.59. The highest BCUT2D eigenvalue weighted by molar-refractivity contribution is 6.30. The first-order chi connectivity index (χ1) is 9.60. The van der Waals surface area contributed by atoms with Crippen LogP contribution in [0.5, 0.6) is 0 Å². The molecule has 1 aliphatic heterocycles. The Morgan fingerprint density at radius 1 is 1.50 bits per heavy atom. The van der Waals surface area contributed by atoms with Crippen LogP contribution in [0.4, 0.5) is 10.1 Å². The molecule has 0 spiro atoms. The Morgan fingerprint density at radius 2 is 2.30 bits per heavy atom. The topological polar surface area (TPSA) is 15.3 Å². The number of nitrogens with one attached hydrogen (secondary N) is 1. The third-order valence-corrected chi connectivity index (χ3v) is 4.41. The molecule has 2 unspecified atom stereocenters. The van der Waals surface area contributed by atoms with Crippen molar-refractivity contribution in [2.75, 3.05) is 25.0 Å². The fraction of sp³-hybridized carbons (Fsp3) is 0.625. The zero-order chi connectivity index (χ0) is 14.5. The van der Waals surface area contributed by atoms with Gasteiger partial charge in [-0.2, -0.15) is 0 Å². The number of nitrogens with zero attached hydrogens (tertiary/aromatic N) is 1. The Morgan fingerprint density at radius 3 is 3.00 bits per heavy atom. The number of halogens is 2. The number of hydrogen-bond acceptors (Lipinski definition) is 2. The van der Waals surface area contributed by atoms with E-state index in [4.69, 9.17) is 11.6 Å². The predicted molar refractivity (Wildman–Crippen MR) is 83.9 cm³/mol. The Hall–Kier alpha value is -0.800. The van der Waals surface area contributed by atoms with Gasteiger partial charge in [0.2, 0.25) is 0 Å². The summed E-state index contributed by atoms with van der Waals surface area (Å²) in [4.78, 5) is 2.54. The van der Waals surface area contributed by atoms with Crippen LogP contribution in [0, 0.1) is 11.7 Å². The molecule has 1 aromatic carbocycles. The minimum Gasteiger partial charge on any atom is -0.382 e. The fourth-order valence-electron chi connectivity index (χ4n) is 2.99. The van der Waals surface area contributed by atoms with Crippen LogP contribution in [0.25, 0.3) is 0 Å². The van der Waals surface area contributed by atoms with Crippen LogP contribution in [0.15, 0.2) is 18.2 Å². The summed E-state index contributed by atoms with van der Waals surface area (Å²) in [7, 11) is 0. The summed E-state index contributed by atoms with van der Waals surface area (Å²) in [6.07, 6.45) is 3.70. The van der Waals surface area contributed by atoms with Gasteiger partial charge in [0.1, 0.15) is 5.82 Å². The third kappa shape index (κ3) is 4.10. The molecule has 0 saturated carbocycles. The van der Waals surface area contributed by atoms with Crippen LogP contribution in [0.1, 0.15) is 33.1 Å². The summed E-state index contributed by atoms with van der Waals surface area (Å²) >= 11 is 5.71. The fourth-order valence-corrected chi connectivity index (χ4v) is 3.10. The lowest BCUT2D eigenvalue weighted by molar-refractivity contribution is 0.165. The van der Waals surface area contributed by atoms with E-state index in [-0.39, 0.29) is 10.8 Å². The van der Waals surface area contributed by atoms with E-state index in [1.807, 2.05) is 6.07 Å². The molecule has 2 rings (SSSR count). The number of anilines is 1. The summed E-state index contributed by atoms with van der Waals surface area (Å²) < 4.78 is 13.5. The lowest BCUT2D eigenvalue weighted by Gasteiger charge is -2.36.